The van der Waals surface area contributed by atoms with Crippen LogP contribution in [0, 0.1) is 18.7 Å². The van der Waals surface area contributed by atoms with Crippen LogP contribution in [0.15, 0.2) is 36.4 Å². The normalized spacial score (nSPS) is 18.0. The second-order valence-corrected chi connectivity index (χ2v) is 9.60. The van der Waals surface area contributed by atoms with Crippen molar-refractivity contribution < 1.29 is 50.2 Å². The Morgan fingerprint density at radius 2 is 1.70 bits per heavy atom. The number of rotatable bonds is 8. The Hall–Kier alpha value is -3.35. The van der Waals surface area contributed by atoms with E-state index in [1.807, 2.05) is 0 Å². The first-order valence-corrected chi connectivity index (χ1v) is 12.6. The number of aliphatic hydroxyl groups excluding tert-OH is 1. The van der Waals surface area contributed by atoms with Gasteiger partial charge in [0.15, 0.2) is 0 Å². The predicted octanol–water partition coefficient (Wildman–Crippen LogP) is 5.46. The molecule has 0 aromatic heterocycles. The number of ether oxygens (including phenoxy) is 1. The first-order chi connectivity index (χ1) is 18.7. The van der Waals surface area contributed by atoms with Gasteiger partial charge >= 0.3 is 18.4 Å². The third-order valence-electron chi connectivity index (χ3n) is 6.74. The summed E-state index contributed by atoms with van der Waals surface area (Å²) in [6.07, 6.45) is -10.4. The van der Waals surface area contributed by atoms with Gasteiger partial charge in [-0.25, -0.2) is 9.18 Å². The number of nitrogens with zero attached hydrogens (tertiary/aromatic N) is 1. The monoisotopic (exact) mass is 578 g/mol. The fraction of sp³-hybridized carbons (Fsp3) is 0.481. The smallest absolute Gasteiger partial charge is 0.416 e. The molecule has 0 radical (unpaired) electrons. The maximum atomic E-state index is 13.7. The molecule has 6 nitrogen and oxygen atoms in total. The lowest BCUT2D eigenvalue weighted by Gasteiger charge is -2.38. The van der Waals surface area contributed by atoms with E-state index in [1.54, 1.807) is 6.92 Å². The van der Waals surface area contributed by atoms with Crippen molar-refractivity contribution in [2.75, 3.05) is 32.8 Å². The summed E-state index contributed by atoms with van der Waals surface area (Å²) in [6, 6.07) is 5.47. The molecule has 2 atom stereocenters. The van der Waals surface area contributed by atoms with E-state index in [0.717, 1.165) is 0 Å². The Morgan fingerprint density at radius 1 is 1.05 bits per heavy atom. The van der Waals surface area contributed by atoms with E-state index in [2.05, 4.69) is 5.32 Å². The van der Waals surface area contributed by atoms with Crippen molar-refractivity contribution in [3.05, 3.63) is 70.0 Å². The van der Waals surface area contributed by atoms with E-state index < -0.39 is 53.1 Å². The minimum atomic E-state index is -4.95. The van der Waals surface area contributed by atoms with Gasteiger partial charge in [0, 0.05) is 31.5 Å². The topological polar surface area (TPSA) is 78.9 Å². The highest BCUT2D eigenvalue weighted by molar-refractivity contribution is 5.80. The van der Waals surface area contributed by atoms with Gasteiger partial charge in [0.2, 0.25) is 5.91 Å². The van der Waals surface area contributed by atoms with Crippen molar-refractivity contribution in [1.82, 2.24) is 10.2 Å². The van der Waals surface area contributed by atoms with Crippen LogP contribution in [0.1, 0.15) is 46.6 Å². The summed E-state index contributed by atoms with van der Waals surface area (Å²) >= 11 is 0. The molecule has 3 rings (SSSR count). The first-order valence-electron chi connectivity index (χ1n) is 12.6. The highest BCUT2D eigenvalue weighted by atomic mass is 19.4. The van der Waals surface area contributed by atoms with Crippen molar-refractivity contribution in [2.45, 2.75) is 44.5 Å². The minimum Gasteiger partial charge on any atom is -0.447 e. The van der Waals surface area contributed by atoms with Crippen LogP contribution in [-0.2, 0) is 28.3 Å². The highest BCUT2D eigenvalue weighted by Gasteiger charge is 2.38. The van der Waals surface area contributed by atoms with Crippen LogP contribution < -0.4 is 5.32 Å². The summed E-state index contributed by atoms with van der Waals surface area (Å²) in [7, 11) is 0. The van der Waals surface area contributed by atoms with Gasteiger partial charge in [-0.05, 0) is 73.2 Å². The molecule has 220 valence electrons. The Labute approximate surface area is 226 Å². The molecule has 0 unspecified atom stereocenters. The molecule has 2 amide bonds. The second kappa shape index (κ2) is 12.9. The molecule has 0 saturated carbocycles. The zero-order valence-electron chi connectivity index (χ0n) is 21.5. The molecule has 0 bridgehead atoms. The number of halogens is 7. The Balaban J connectivity index is 1.69. The SMILES string of the molecule is Cc1cc(F)ccc1[C@H]1CN(C(=O)OCCO)CC[C@@H]1C(=O)NCCCc1cc(C(F)(F)F)cc(C(F)(F)F)c1. The maximum absolute atomic E-state index is 13.7. The zero-order chi connectivity index (χ0) is 29.7. The fourth-order valence-electron chi connectivity index (χ4n) is 4.83. The predicted molar refractivity (Wildman–Crippen MR) is 130 cm³/mol. The summed E-state index contributed by atoms with van der Waals surface area (Å²) in [5.41, 5.74) is -1.75. The number of alkyl halides is 6. The third-order valence-corrected chi connectivity index (χ3v) is 6.74. The van der Waals surface area contributed by atoms with Crippen molar-refractivity contribution in [3.63, 3.8) is 0 Å². The van der Waals surface area contributed by atoms with Crippen LogP contribution in [0.25, 0.3) is 0 Å². The quantitative estimate of drug-likeness (QED) is 0.323. The van der Waals surface area contributed by atoms with E-state index in [9.17, 15) is 40.3 Å². The largest absolute Gasteiger partial charge is 0.447 e. The number of carbonyl (C=O) groups excluding carboxylic acids is 2. The number of nitrogens with one attached hydrogen (secondary N) is 1. The molecule has 0 spiro atoms. The van der Waals surface area contributed by atoms with Gasteiger partial charge in [-0.3, -0.25) is 4.79 Å². The Kier molecular flexibility index (Phi) is 10.0. The van der Waals surface area contributed by atoms with Crippen molar-refractivity contribution in [1.29, 1.82) is 0 Å². The Morgan fingerprint density at radius 3 is 2.27 bits per heavy atom. The van der Waals surface area contributed by atoms with Crippen LogP contribution in [0.5, 0.6) is 0 Å². The van der Waals surface area contributed by atoms with E-state index in [1.165, 1.54) is 23.1 Å². The summed E-state index contributed by atoms with van der Waals surface area (Å²) in [5.74, 6) is -2.05. The summed E-state index contributed by atoms with van der Waals surface area (Å²) < 4.78 is 97.4. The molecule has 1 aliphatic heterocycles. The average molecular weight is 579 g/mol. The lowest BCUT2D eigenvalue weighted by molar-refractivity contribution is -0.143. The summed E-state index contributed by atoms with van der Waals surface area (Å²) in [5, 5.41) is 11.6. The van der Waals surface area contributed by atoms with E-state index in [0.29, 0.717) is 23.3 Å². The van der Waals surface area contributed by atoms with Crippen molar-refractivity contribution in [2.24, 2.45) is 5.92 Å². The standard InChI is InChI=1S/C27H29F7N2O4/c1-16-11-20(28)4-5-21(16)23-15-36(25(39)40-10-9-37)8-6-22(23)24(38)35-7-2-3-17-12-18(26(29,30)31)14-19(13-17)27(32,33)34/h4-5,11-14,22-23,37H,2-3,6-10,15H2,1H3,(H,35,38)/t22-,23+/m0/s1. The van der Waals surface area contributed by atoms with Crippen molar-refractivity contribution >= 4 is 12.0 Å². The number of aryl methyl sites for hydroxylation is 2. The van der Waals surface area contributed by atoms with Gasteiger partial charge in [0.25, 0.3) is 0 Å². The van der Waals surface area contributed by atoms with E-state index >= 15 is 0 Å². The summed E-state index contributed by atoms with van der Waals surface area (Å²) in [6.45, 7) is 1.35. The summed E-state index contributed by atoms with van der Waals surface area (Å²) in [4.78, 5) is 26.9. The maximum Gasteiger partial charge on any atom is 0.416 e. The molecular formula is C27H29F7N2O4. The number of hydrogen-bond donors (Lipinski definition) is 2. The number of hydrogen-bond acceptors (Lipinski definition) is 4. The molecule has 2 aromatic carbocycles. The molecule has 0 aliphatic carbocycles. The molecule has 1 fully saturated rings. The molecule has 13 heteroatoms. The molecule has 1 aliphatic rings. The number of likely N-dealkylation sites (tertiary alicyclic amines) is 1. The molecule has 40 heavy (non-hydrogen) atoms. The highest BCUT2D eigenvalue weighted by Crippen LogP contribution is 2.37. The van der Waals surface area contributed by atoms with Gasteiger partial charge in [0.05, 0.1) is 17.7 Å². The molecule has 2 aromatic rings. The van der Waals surface area contributed by atoms with Crippen LogP contribution in [0.3, 0.4) is 0 Å². The number of benzene rings is 2. The van der Waals surface area contributed by atoms with Crippen LogP contribution in [-0.4, -0.2) is 54.9 Å². The average Bonchev–Trinajstić information content (AvgIpc) is 2.88. The Bertz CT molecular complexity index is 1170. The van der Waals surface area contributed by atoms with Gasteiger partial charge < -0.3 is 20.1 Å². The fourth-order valence-corrected chi connectivity index (χ4v) is 4.83. The van der Waals surface area contributed by atoms with E-state index in [4.69, 9.17) is 9.84 Å². The number of amides is 2. The third kappa shape index (κ3) is 8.09. The van der Waals surface area contributed by atoms with Crippen LogP contribution >= 0.6 is 0 Å². The van der Waals surface area contributed by atoms with Crippen molar-refractivity contribution in [3.8, 4) is 0 Å². The van der Waals surface area contributed by atoms with Gasteiger partial charge in [-0.1, -0.05) is 6.07 Å². The number of aliphatic hydroxyl groups is 1. The number of carbonyl (C=O) groups is 2. The number of piperidine rings is 1. The first kappa shape index (κ1) is 31.2. The van der Waals surface area contributed by atoms with E-state index in [-0.39, 0.29) is 63.7 Å². The van der Waals surface area contributed by atoms with Crippen LogP contribution in [0.4, 0.5) is 35.5 Å². The lowest BCUT2D eigenvalue weighted by Crippen LogP contribution is -2.48. The van der Waals surface area contributed by atoms with Crippen LogP contribution in [0.2, 0.25) is 0 Å². The molecule has 1 heterocycles. The van der Waals surface area contributed by atoms with Gasteiger partial charge in [-0.15, -0.1) is 0 Å². The zero-order valence-corrected chi connectivity index (χ0v) is 21.5. The lowest BCUT2D eigenvalue weighted by atomic mass is 9.78. The molecular weight excluding hydrogens is 549 g/mol. The van der Waals surface area contributed by atoms with Gasteiger partial charge in [-0.2, -0.15) is 26.3 Å². The molecule has 1 saturated heterocycles. The second-order valence-electron chi connectivity index (χ2n) is 9.60. The minimum absolute atomic E-state index is 0.00962. The molecule has 2 N–H and O–H groups in total. The van der Waals surface area contributed by atoms with Gasteiger partial charge in [0.1, 0.15) is 12.4 Å².